The standard InChI is InChI=1S/C17H23ClN2O2/c1-5-11(2)17(3,22)10-19-16(21)15-14(18)12-8-6-7-9-13(12)20(15)4/h6-9,11,22H,5,10H2,1-4H3,(H,19,21). The molecule has 0 saturated heterocycles. The molecule has 2 atom stereocenters. The van der Waals surface area contributed by atoms with Crippen molar-refractivity contribution in [2.75, 3.05) is 6.54 Å². The van der Waals surface area contributed by atoms with E-state index in [1.165, 1.54) is 0 Å². The first kappa shape index (κ1) is 16.8. The molecule has 2 unspecified atom stereocenters. The number of carbonyl (C=O) groups is 1. The van der Waals surface area contributed by atoms with Gasteiger partial charge in [0.2, 0.25) is 0 Å². The van der Waals surface area contributed by atoms with E-state index in [1.54, 1.807) is 11.5 Å². The third-order valence-corrected chi connectivity index (χ3v) is 4.92. The number of fused-ring (bicyclic) bond motifs is 1. The van der Waals surface area contributed by atoms with Crippen LogP contribution in [0.3, 0.4) is 0 Å². The molecular formula is C17H23ClN2O2. The zero-order chi connectivity index (χ0) is 16.5. The molecule has 0 saturated carbocycles. The van der Waals surface area contributed by atoms with Gasteiger partial charge in [-0.2, -0.15) is 0 Å². The van der Waals surface area contributed by atoms with Crippen LogP contribution in [0, 0.1) is 5.92 Å². The Hall–Kier alpha value is -1.52. The lowest BCUT2D eigenvalue weighted by Gasteiger charge is -2.29. The predicted octanol–water partition coefficient (Wildman–Crippen LogP) is 3.36. The Balaban J connectivity index is 2.24. The summed E-state index contributed by atoms with van der Waals surface area (Å²) in [4.78, 5) is 12.5. The van der Waals surface area contributed by atoms with E-state index in [0.717, 1.165) is 17.3 Å². The van der Waals surface area contributed by atoms with Gasteiger partial charge in [-0.05, 0) is 18.9 Å². The van der Waals surface area contributed by atoms with Crippen molar-refractivity contribution < 1.29 is 9.90 Å². The fourth-order valence-corrected chi connectivity index (χ4v) is 2.93. The van der Waals surface area contributed by atoms with E-state index in [2.05, 4.69) is 5.32 Å². The molecule has 0 bridgehead atoms. The number of halogens is 1. The van der Waals surface area contributed by atoms with E-state index in [-0.39, 0.29) is 18.4 Å². The minimum absolute atomic E-state index is 0.0933. The van der Waals surface area contributed by atoms with Crippen molar-refractivity contribution in [1.29, 1.82) is 0 Å². The Kier molecular flexibility index (Phi) is 4.83. The number of aliphatic hydroxyl groups is 1. The topological polar surface area (TPSA) is 54.3 Å². The number of para-hydroxylation sites is 1. The van der Waals surface area contributed by atoms with Crippen molar-refractivity contribution in [3.63, 3.8) is 0 Å². The molecule has 2 aromatic rings. The first-order valence-electron chi connectivity index (χ1n) is 7.53. The van der Waals surface area contributed by atoms with Gasteiger partial charge in [0.1, 0.15) is 5.69 Å². The van der Waals surface area contributed by atoms with Gasteiger partial charge >= 0.3 is 0 Å². The second-order valence-corrected chi connectivity index (χ2v) is 6.47. The Labute approximate surface area is 136 Å². The molecule has 0 radical (unpaired) electrons. The molecule has 5 heteroatoms. The highest BCUT2D eigenvalue weighted by atomic mass is 35.5. The molecule has 1 heterocycles. The van der Waals surface area contributed by atoms with Crippen LogP contribution in [0.2, 0.25) is 5.02 Å². The number of amides is 1. The first-order chi connectivity index (χ1) is 10.3. The summed E-state index contributed by atoms with van der Waals surface area (Å²) in [7, 11) is 1.82. The number of aromatic nitrogens is 1. The highest BCUT2D eigenvalue weighted by Crippen LogP contribution is 2.29. The van der Waals surface area contributed by atoms with Crippen molar-refractivity contribution in [1.82, 2.24) is 9.88 Å². The molecule has 0 aliphatic carbocycles. The monoisotopic (exact) mass is 322 g/mol. The zero-order valence-corrected chi connectivity index (χ0v) is 14.2. The van der Waals surface area contributed by atoms with Gasteiger partial charge in [0.15, 0.2) is 0 Å². The Morgan fingerprint density at radius 3 is 2.68 bits per heavy atom. The van der Waals surface area contributed by atoms with E-state index < -0.39 is 5.60 Å². The lowest BCUT2D eigenvalue weighted by molar-refractivity contribution is 0.00585. The summed E-state index contributed by atoms with van der Waals surface area (Å²) in [5, 5.41) is 14.5. The number of hydrogen-bond donors (Lipinski definition) is 2. The second-order valence-electron chi connectivity index (χ2n) is 6.09. The normalized spacial score (nSPS) is 15.5. The third kappa shape index (κ3) is 2.99. The fourth-order valence-electron chi connectivity index (χ4n) is 2.56. The molecule has 1 amide bonds. The van der Waals surface area contributed by atoms with Crippen molar-refractivity contribution in [3.8, 4) is 0 Å². The molecule has 22 heavy (non-hydrogen) atoms. The van der Waals surface area contributed by atoms with E-state index in [9.17, 15) is 9.90 Å². The van der Waals surface area contributed by atoms with Gasteiger partial charge in [0.25, 0.3) is 5.91 Å². The van der Waals surface area contributed by atoms with Crippen LogP contribution < -0.4 is 5.32 Å². The highest BCUT2D eigenvalue weighted by Gasteiger charge is 2.28. The van der Waals surface area contributed by atoms with E-state index in [4.69, 9.17) is 11.6 Å². The number of nitrogens with one attached hydrogen (secondary N) is 1. The van der Waals surface area contributed by atoms with Crippen LogP contribution in [-0.4, -0.2) is 27.7 Å². The number of carbonyl (C=O) groups excluding carboxylic acids is 1. The smallest absolute Gasteiger partial charge is 0.269 e. The van der Waals surface area contributed by atoms with Gasteiger partial charge < -0.3 is 15.0 Å². The predicted molar refractivity (Wildman–Crippen MR) is 90.3 cm³/mol. The molecule has 120 valence electrons. The molecule has 1 aromatic carbocycles. The third-order valence-electron chi connectivity index (χ3n) is 4.54. The van der Waals surface area contributed by atoms with Gasteiger partial charge in [-0.25, -0.2) is 0 Å². The molecule has 0 fully saturated rings. The van der Waals surface area contributed by atoms with E-state index >= 15 is 0 Å². The van der Waals surface area contributed by atoms with Crippen LogP contribution in [-0.2, 0) is 7.05 Å². The van der Waals surface area contributed by atoms with Gasteiger partial charge in [0, 0.05) is 24.5 Å². The lowest BCUT2D eigenvalue weighted by Crippen LogP contribution is -2.45. The van der Waals surface area contributed by atoms with Gasteiger partial charge in [-0.1, -0.05) is 50.1 Å². The Morgan fingerprint density at radius 2 is 2.09 bits per heavy atom. The molecule has 2 rings (SSSR count). The average Bonchev–Trinajstić information content (AvgIpc) is 2.76. The van der Waals surface area contributed by atoms with Gasteiger partial charge in [-0.15, -0.1) is 0 Å². The zero-order valence-electron chi connectivity index (χ0n) is 13.5. The Bertz CT molecular complexity index is 652. The van der Waals surface area contributed by atoms with E-state index in [1.807, 2.05) is 45.2 Å². The molecule has 0 aliphatic heterocycles. The number of aryl methyl sites for hydroxylation is 1. The molecule has 0 aliphatic rings. The SMILES string of the molecule is CCC(C)C(C)(O)CNC(=O)c1c(Cl)c2ccccc2n1C. The van der Waals surface area contributed by atoms with Crippen molar-refractivity contribution in [2.24, 2.45) is 13.0 Å². The summed E-state index contributed by atoms with van der Waals surface area (Å²) in [5.74, 6) is -0.178. The summed E-state index contributed by atoms with van der Waals surface area (Å²) < 4.78 is 1.78. The van der Waals surface area contributed by atoms with Crippen LogP contribution in [0.1, 0.15) is 37.7 Å². The summed E-state index contributed by atoms with van der Waals surface area (Å²) in [6.07, 6.45) is 0.845. The van der Waals surface area contributed by atoms with Crippen LogP contribution in [0.15, 0.2) is 24.3 Å². The van der Waals surface area contributed by atoms with Crippen molar-refractivity contribution >= 4 is 28.4 Å². The quantitative estimate of drug-likeness (QED) is 0.887. The van der Waals surface area contributed by atoms with Gasteiger partial charge in [-0.3, -0.25) is 4.79 Å². The molecule has 0 spiro atoms. The second kappa shape index (κ2) is 6.31. The summed E-state index contributed by atoms with van der Waals surface area (Å²) in [6, 6.07) is 7.62. The van der Waals surface area contributed by atoms with Crippen LogP contribution in [0.25, 0.3) is 10.9 Å². The van der Waals surface area contributed by atoms with Crippen LogP contribution in [0.4, 0.5) is 0 Å². The summed E-state index contributed by atoms with van der Waals surface area (Å²) in [6.45, 7) is 5.92. The molecule has 4 nitrogen and oxygen atoms in total. The van der Waals surface area contributed by atoms with E-state index in [0.29, 0.717) is 10.7 Å². The maximum absolute atomic E-state index is 12.5. The minimum Gasteiger partial charge on any atom is -0.388 e. The number of benzene rings is 1. The maximum atomic E-state index is 12.5. The Morgan fingerprint density at radius 1 is 1.45 bits per heavy atom. The number of nitrogens with zero attached hydrogens (tertiary/aromatic N) is 1. The van der Waals surface area contributed by atoms with Crippen LogP contribution >= 0.6 is 11.6 Å². The highest BCUT2D eigenvalue weighted by molar-refractivity contribution is 6.38. The van der Waals surface area contributed by atoms with Crippen molar-refractivity contribution in [3.05, 3.63) is 35.0 Å². The van der Waals surface area contributed by atoms with Gasteiger partial charge in [0.05, 0.1) is 10.6 Å². The fraction of sp³-hybridized carbons (Fsp3) is 0.471. The molecular weight excluding hydrogens is 300 g/mol. The lowest BCUT2D eigenvalue weighted by atomic mass is 9.88. The number of rotatable bonds is 5. The summed E-state index contributed by atoms with van der Waals surface area (Å²) in [5.41, 5.74) is 0.385. The minimum atomic E-state index is -0.943. The largest absolute Gasteiger partial charge is 0.388 e. The molecule has 1 aromatic heterocycles. The van der Waals surface area contributed by atoms with Crippen LogP contribution in [0.5, 0.6) is 0 Å². The van der Waals surface area contributed by atoms with Crippen molar-refractivity contribution in [2.45, 2.75) is 32.8 Å². The average molecular weight is 323 g/mol. The summed E-state index contributed by atoms with van der Waals surface area (Å²) >= 11 is 6.35. The number of hydrogen-bond acceptors (Lipinski definition) is 2. The molecule has 2 N–H and O–H groups in total. The first-order valence-corrected chi connectivity index (χ1v) is 7.90. The maximum Gasteiger partial charge on any atom is 0.269 e.